The van der Waals surface area contributed by atoms with Gasteiger partial charge >= 0.3 is 0 Å². The Kier molecular flexibility index (Phi) is 4.46. The van der Waals surface area contributed by atoms with E-state index in [4.69, 9.17) is 4.52 Å². The minimum absolute atomic E-state index is 0.0452. The quantitative estimate of drug-likeness (QED) is 0.907. The Morgan fingerprint density at radius 3 is 2.43 bits per heavy atom. The molecule has 1 aromatic heterocycles. The van der Waals surface area contributed by atoms with E-state index in [0.717, 1.165) is 4.31 Å². The number of benzene rings is 1. The first-order chi connectivity index (χ1) is 9.84. The molecule has 0 spiro atoms. The average Bonchev–Trinajstić information content (AvgIpc) is 2.79. The fraction of sp³-hybridized carbons (Fsp3) is 0.357. The average molecular weight is 310 g/mol. The van der Waals surface area contributed by atoms with Gasteiger partial charge in [0, 0.05) is 13.6 Å². The van der Waals surface area contributed by atoms with Crippen LogP contribution in [0.25, 0.3) is 0 Å². The zero-order chi connectivity index (χ0) is 15.6. The van der Waals surface area contributed by atoms with E-state index in [0.29, 0.717) is 11.3 Å². The van der Waals surface area contributed by atoms with E-state index in [1.807, 2.05) is 6.07 Å². The van der Waals surface area contributed by atoms with E-state index in [1.54, 1.807) is 38.1 Å². The lowest BCUT2D eigenvalue weighted by atomic mass is 10.1. The van der Waals surface area contributed by atoms with Gasteiger partial charge in [-0.2, -0.15) is 4.31 Å². The normalized spacial score (nSPS) is 13.6. The summed E-state index contributed by atoms with van der Waals surface area (Å²) in [6.07, 6.45) is -0.897. The number of hydrogen-bond donors (Lipinski definition) is 1. The molecule has 0 fully saturated rings. The van der Waals surface area contributed by atoms with Gasteiger partial charge in [-0.3, -0.25) is 0 Å². The summed E-state index contributed by atoms with van der Waals surface area (Å²) >= 11 is 0. The molecule has 114 valence electrons. The molecular weight excluding hydrogens is 292 g/mol. The van der Waals surface area contributed by atoms with Gasteiger partial charge in [-0.1, -0.05) is 35.5 Å². The van der Waals surface area contributed by atoms with Crippen molar-refractivity contribution in [2.45, 2.75) is 24.8 Å². The Morgan fingerprint density at radius 1 is 1.29 bits per heavy atom. The van der Waals surface area contributed by atoms with E-state index in [2.05, 4.69) is 5.16 Å². The van der Waals surface area contributed by atoms with Gasteiger partial charge in [-0.15, -0.1) is 0 Å². The van der Waals surface area contributed by atoms with Crippen molar-refractivity contribution in [3.63, 3.8) is 0 Å². The molecule has 0 saturated heterocycles. The maximum absolute atomic E-state index is 12.5. The second-order valence-electron chi connectivity index (χ2n) is 4.87. The molecule has 7 heteroatoms. The smallest absolute Gasteiger partial charge is 0.248 e. The zero-order valence-corrected chi connectivity index (χ0v) is 13.0. The molecular formula is C14H18N2O4S. The second kappa shape index (κ2) is 5.97. The number of aliphatic hydroxyl groups is 1. The molecule has 6 nitrogen and oxygen atoms in total. The molecule has 2 aromatic rings. The third-order valence-electron chi connectivity index (χ3n) is 3.25. The molecule has 21 heavy (non-hydrogen) atoms. The van der Waals surface area contributed by atoms with Gasteiger partial charge < -0.3 is 9.63 Å². The number of rotatable bonds is 5. The van der Waals surface area contributed by atoms with Crippen molar-refractivity contribution in [3.8, 4) is 0 Å². The van der Waals surface area contributed by atoms with Gasteiger partial charge in [0.25, 0.3) is 0 Å². The predicted molar refractivity (Wildman–Crippen MR) is 77.2 cm³/mol. The molecule has 0 aliphatic carbocycles. The van der Waals surface area contributed by atoms with Gasteiger partial charge in [0.15, 0.2) is 5.76 Å². The topological polar surface area (TPSA) is 83.6 Å². The molecule has 0 amide bonds. The number of hydrogen-bond acceptors (Lipinski definition) is 5. The number of nitrogens with zero attached hydrogens (tertiary/aromatic N) is 2. The Hall–Kier alpha value is -1.70. The highest BCUT2D eigenvalue weighted by Crippen LogP contribution is 2.24. The minimum atomic E-state index is -3.74. The Morgan fingerprint density at radius 2 is 1.90 bits per heavy atom. The Labute approximate surface area is 124 Å². The van der Waals surface area contributed by atoms with Crippen molar-refractivity contribution in [2.75, 3.05) is 13.6 Å². The summed E-state index contributed by atoms with van der Waals surface area (Å²) in [6, 6.07) is 8.92. The van der Waals surface area contributed by atoms with Crippen LogP contribution >= 0.6 is 0 Å². The molecule has 0 aliphatic heterocycles. The minimum Gasteiger partial charge on any atom is -0.387 e. The standard InChI is InChI=1S/C14H18N2O4S/c1-10-14(11(2)20-15-10)21(18,19)16(3)9-13(17)12-7-5-4-6-8-12/h4-8,13,17H,9H2,1-3H3. The first-order valence-electron chi connectivity index (χ1n) is 6.46. The fourth-order valence-electron chi connectivity index (χ4n) is 2.12. The van der Waals surface area contributed by atoms with Crippen molar-refractivity contribution in [3.05, 3.63) is 47.3 Å². The van der Waals surface area contributed by atoms with E-state index in [-0.39, 0.29) is 17.2 Å². The third-order valence-corrected chi connectivity index (χ3v) is 5.32. The largest absolute Gasteiger partial charge is 0.387 e. The zero-order valence-electron chi connectivity index (χ0n) is 12.1. The number of aryl methyl sites for hydroxylation is 2. The van der Waals surface area contributed by atoms with Crippen LogP contribution in [-0.4, -0.2) is 36.6 Å². The van der Waals surface area contributed by atoms with Gasteiger partial charge in [-0.05, 0) is 19.4 Å². The highest BCUT2D eigenvalue weighted by molar-refractivity contribution is 7.89. The predicted octanol–water partition coefficient (Wildman–Crippen LogP) is 1.65. The maximum Gasteiger partial charge on any atom is 0.248 e. The molecule has 2 rings (SSSR count). The van der Waals surface area contributed by atoms with Gasteiger partial charge in [0.05, 0.1) is 6.10 Å². The SMILES string of the molecule is Cc1noc(C)c1S(=O)(=O)N(C)CC(O)c1ccccc1. The van der Waals surface area contributed by atoms with Crippen LogP contribution in [0.4, 0.5) is 0 Å². The number of aliphatic hydroxyl groups excluding tert-OH is 1. The first kappa shape index (κ1) is 15.7. The third kappa shape index (κ3) is 3.15. The van der Waals surface area contributed by atoms with Gasteiger partial charge in [0.1, 0.15) is 10.6 Å². The maximum atomic E-state index is 12.5. The van der Waals surface area contributed by atoms with Crippen LogP contribution in [0.1, 0.15) is 23.1 Å². The summed E-state index contributed by atoms with van der Waals surface area (Å²) in [5, 5.41) is 13.8. The van der Waals surface area contributed by atoms with Crippen LogP contribution in [0, 0.1) is 13.8 Å². The van der Waals surface area contributed by atoms with E-state index in [9.17, 15) is 13.5 Å². The summed E-state index contributed by atoms with van der Waals surface area (Å²) < 4.78 is 31.0. The van der Waals surface area contributed by atoms with Crippen molar-refractivity contribution in [1.29, 1.82) is 0 Å². The Bertz CT molecular complexity index is 690. The number of aromatic nitrogens is 1. The number of sulfonamides is 1. The lowest BCUT2D eigenvalue weighted by molar-refractivity contribution is 0.155. The van der Waals surface area contributed by atoms with Crippen LogP contribution in [0.2, 0.25) is 0 Å². The number of likely N-dealkylation sites (N-methyl/N-ethyl adjacent to an activating group) is 1. The molecule has 1 N–H and O–H groups in total. The molecule has 0 saturated carbocycles. The fourth-order valence-corrected chi connectivity index (χ4v) is 3.58. The summed E-state index contributed by atoms with van der Waals surface area (Å²) in [7, 11) is -2.32. The molecule has 1 heterocycles. The van der Waals surface area contributed by atoms with Gasteiger partial charge in [-0.25, -0.2) is 8.42 Å². The molecule has 0 aliphatic rings. The molecule has 0 bridgehead atoms. The van der Waals surface area contributed by atoms with Crippen molar-refractivity contribution < 1.29 is 18.0 Å². The Balaban J connectivity index is 2.22. The summed E-state index contributed by atoms with van der Waals surface area (Å²) in [4.78, 5) is 0.0604. The molecule has 1 aromatic carbocycles. The van der Waals surface area contributed by atoms with E-state index in [1.165, 1.54) is 7.05 Å². The van der Waals surface area contributed by atoms with Crippen LogP contribution in [0.15, 0.2) is 39.8 Å². The van der Waals surface area contributed by atoms with Crippen molar-refractivity contribution in [1.82, 2.24) is 9.46 Å². The van der Waals surface area contributed by atoms with E-state index < -0.39 is 16.1 Å². The van der Waals surface area contributed by atoms with Crippen molar-refractivity contribution in [2.24, 2.45) is 0 Å². The monoisotopic (exact) mass is 310 g/mol. The van der Waals surface area contributed by atoms with Crippen molar-refractivity contribution >= 4 is 10.0 Å². The highest BCUT2D eigenvalue weighted by atomic mass is 32.2. The second-order valence-corrected chi connectivity index (χ2v) is 6.85. The summed E-state index contributed by atoms with van der Waals surface area (Å²) in [5.74, 6) is 0.244. The van der Waals surface area contributed by atoms with Crippen LogP contribution in [0.3, 0.4) is 0 Å². The van der Waals surface area contributed by atoms with Crippen LogP contribution in [0.5, 0.6) is 0 Å². The molecule has 1 atom stereocenters. The molecule has 1 unspecified atom stereocenters. The highest BCUT2D eigenvalue weighted by Gasteiger charge is 2.29. The van der Waals surface area contributed by atoms with Crippen LogP contribution < -0.4 is 0 Å². The lowest BCUT2D eigenvalue weighted by Crippen LogP contribution is -2.31. The van der Waals surface area contributed by atoms with E-state index >= 15 is 0 Å². The van der Waals surface area contributed by atoms with Gasteiger partial charge in [0.2, 0.25) is 10.0 Å². The van der Waals surface area contributed by atoms with Crippen LogP contribution in [-0.2, 0) is 10.0 Å². The molecule has 0 radical (unpaired) electrons. The lowest BCUT2D eigenvalue weighted by Gasteiger charge is -2.20. The first-order valence-corrected chi connectivity index (χ1v) is 7.90. The summed E-state index contributed by atoms with van der Waals surface area (Å²) in [6.45, 7) is 3.08. The summed E-state index contributed by atoms with van der Waals surface area (Å²) in [5.41, 5.74) is 0.979.